The summed E-state index contributed by atoms with van der Waals surface area (Å²) in [6.45, 7) is 2.48. The van der Waals surface area contributed by atoms with Crippen molar-refractivity contribution in [3.05, 3.63) is 0 Å². The van der Waals surface area contributed by atoms with E-state index in [0.717, 1.165) is 11.8 Å². The molecule has 0 saturated carbocycles. The van der Waals surface area contributed by atoms with Gasteiger partial charge >= 0.3 is 5.97 Å². The number of hydrogen-bond donors (Lipinski definition) is 1. The molecule has 0 aromatic heterocycles. The summed E-state index contributed by atoms with van der Waals surface area (Å²) in [7, 11) is 0. The van der Waals surface area contributed by atoms with Gasteiger partial charge in [-0.05, 0) is 0 Å². The lowest BCUT2D eigenvalue weighted by molar-refractivity contribution is -0.163. The average Bonchev–Trinajstić information content (AvgIpc) is 2.70. The second-order valence-corrected chi connectivity index (χ2v) is 6.37. The Labute approximate surface area is 115 Å². The first-order valence-corrected chi connectivity index (χ1v) is 7.12. The molecule has 7 heteroatoms. The molecule has 0 aromatic rings. The molecule has 0 bridgehead atoms. The van der Waals surface area contributed by atoms with Crippen LogP contribution in [0.4, 0.5) is 0 Å². The predicted octanol–water partition coefficient (Wildman–Crippen LogP) is 0.501. The van der Waals surface area contributed by atoms with Crippen LogP contribution in [0.25, 0.3) is 0 Å². The van der Waals surface area contributed by atoms with Gasteiger partial charge in [0.1, 0.15) is 5.54 Å². The van der Waals surface area contributed by atoms with Gasteiger partial charge in [0, 0.05) is 51.2 Å². The Balaban J connectivity index is 2.16. The SMILES string of the molecule is CC(=O)SC1CC(=O)N(C2(C(=O)O)CCOCC2)C1. The van der Waals surface area contributed by atoms with Gasteiger partial charge in [0.05, 0.1) is 0 Å². The Bertz CT molecular complexity index is 405. The number of amides is 1. The standard InChI is InChI=1S/C12H17NO5S/c1-8(14)19-9-6-10(15)13(7-9)12(11(16)17)2-4-18-5-3-12/h9H,2-7H2,1H3,(H,16,17). The summed E-state index contributed by atoms with van der Waals surface area (Å²) in [4.78, 5) is 36.2. The first-order chi connectivity index (χ1) is 8.95. The Hall–Kier alpha value is -1.08. The molecule has 2 aliphatic heterocycles. The summed E-state index contributed by atoms with van der Waals surface area (Å²) in [5.41, 5.74) is -1.15. The van der Waals surface area contributed by atoms with Gasteiger partial charge in [0.25, 0.3) is 0 Å². The third-order valence-corrected chi connectivity index (χ3v) is 4.64. The van der Waals surface area contributed by atoms with Crippen molar-refractivity contribution in [1.82, 2.24) is 4.90 Å². The summed E-state index contributed by atoms with van der Waals surface area (Å²) in [6.07, 6.45) is 0.858. The first kappa shape index (κ1) is 14.3. The molecule has 2 fully saturated rings. The summed E-state index contributed by atoms with van der Waals surface area (Å²) >= 11 is 1.12. The number of carboxylic acid groups (broad SMARTS) is 1. The highest BCUT2D eigenvalue weighted by molar-refractivity contribution is 8.14. The van der Waals surface area contributed by atoms with Crippen LogP contribution < -0.4 is 0 Å². The highest BCUT2D eigenvalue weighted by Gasteiger charge is 2.51. The smallest absolute Gasteiger partial charge is 0.329 e. The number of carbonyl (C=O) groups is 3. The lowest BCUT2D eigenvalue weighted by Crippen LogP contribution is -2.58. The molecule has 2 rings (SSSR count). The van der Waals surface area contributed by atoms with E-state index >= 15 is 0 Å². The largest absolute Gasteiger partial charge is 0.479 e. The molecule has 1 N–H and O–H groups in total. The molecule has 1 atom stereocenters. The van der Waals surface area contributed by atoms with E-state index in [1.54, 1.807) is 0 Å². The molecule has 1 unspecified atom stereocenters. The molecule has 2 saturated heterocycles. The van der Waals surface area contributed by atoms with Crippen LogP contribution in [0.5, 0.6) is 0 Å². The summed E-state index contributed by atoms with van der Waals surface area (Å²) < 4.78 is 5.20. The molecule has 1 amide bonds. The van der Waals surface area contributed by atoms with Gasteiger partial charge in [0.15, 0.2) is 5.12 Å². The fourth-order valence-corrected chi connectivity index (χ4v) is 3.63. The molecule has 2 aliphatic rings. The molecular formula is C12H17NO5S. The van der Waals surface area contributed by atoms with Gasteiger partial charge in [-0.3, -0.25) is 9.59 Å². The molecule has 0 aliphatic carbocycles. The molecule has 0 aromatic carbocycles. The van der Waals surface area contributed by atoms with Crippen molar-refractivity contribution in [2.24, 2.45) is 0 Å². The number of hydrogen-bond acceptors (Lipinski definition) is 5. The number of thioether (sulfide) groups is 1. The van der Waals surface area contributed by atoms with E-state index in [0.29, 0.717) is 32.6 Å². The van der Waals surface area contributed by atoms with Crippen molar-refractivity contribution in [2.45, 2.75) is 37.0 Å². The Morgan fingerprint density at radius 3 is 2.58 bits per heavy atom. The van der Waals surface area contributed by atoms with Gasteiger partial charge < -0.3 is 14.7 Å². The molecular weight excluding hydrogens is 270 g/mol. The van der Waals surface area contributed by atoms with Crippen molar-refractivity contribution in [2.75, 3.05) is 19.8 Å². The van der Waals surface area contributed by atoms with Crippen molar-refractivity contribution in [1.29, 1.82) is 0 Å². The molecule has 19 heavy (non-hydrogen) atoms. The number of aliphatic carboxylic acids is 1. The van der Waals surface area contributed by atoms with Crippen LogP contribution in [0, 0.1) is 0 Å². The molecule has 2 heterocycles. The monoisotopic (exact) mass is 287 g/mol. The number of ether oxygens (including phenoxy) is 1. The molecule has 106 valence electrons. The normalized spacial score (nSPS) is 26.5. The van der Waals surface area contributed by atoms with Crippen LogP contribution in [-0.2, 0) is 19.1 Å². The summed E-state index contributed by atoms with van der Waals surface area (Å²) in [5.74, 6) is -1.15. The van der Waals surface area contributed by atoms with Crippen LogP contribution in [0.2, 0.25) is 0 Å². The van der Waals surface area contributed by atoms with Gasteiger partial charge in [-0.2, -0.15) is 0 Å². The number of likely N-dealkylation sites (tertiary alicyclic amines) is 1. The fourth-order valence-electron chi connectivity index (χ4n) is 2.71. The van der Waals surface area contributed by atoms with Gasteiger partial charge in [0.2, 0.25) is 5.91 Å². The zero-order valence-electron chi connectivity index (χ0n) is 10.8. The van der Waals surface area contributed by atoms with E-state index in [9.17, 15) is 19.5 Å². The van der Waals surface area contributed by atoms with E-state index in [4.69, 9.17) is 4.74 Å². The van der Waals surface area contributed by atoms with Crippen molar-refractivity contribution in [3.63, 3.8) is 0 Å². The zero-order chi connectivity index (χ0) is 14.0. The second kappa shape index (κ2) is 5.50. The van der Waals surface area contributed by atoms with Crippen LogP contribution in [-0.4, -0.2) is 57.5 Å². The van der Waals surface area contributed by atoms with E-state index in [1.165, 1.54) is 11.8 Å². The summed E-state index contributed by atoms with van der Waals surface area (Å²) in [6, 6.07) is 0. The minimum Gasteiger partial charge on any atom is -0.479 e. The van der Waals surface area contributed by atoms with Crippen LogP contribution in [0.15, 0.2) is 0 Å². The Morgan fingerprint density at radius 2 is 2.05 bits per heavy atom. The van der Waals surface area contributed by atoms with E-state index in [-0.39, 0.29) is 22.7 Å². The Morgan fingerprint density at radius 1 is 1.42 bits per heavy atom. The molecule has 0 radical (unpaired) electrons. The number of rotatable bonds is 3. The lowest BCUT2D eigenvalue weighted by atomic mass is 9.88. The minimum absolute atomic E-state index is 0.0454. The van der Waals surface area contributed by atoms with E-state index in [2.05, 4.69) is 0 Å². The maximum absolute atomic E-state index is 12.1. The van der Waals surface area contributed by atoms with Crippen LogP contribution >= 0.6 is 11.8 Å². The average molecular weight is 287 g/mol. The van der Waals surface area contributed by atoms with Crippen LogP contribution in [0.1, 0.15) is 26.2 Å². The summed E-state index contributed by atoms with van der Waals surface area (Å²) in [5, 5.41) is 9.33. The van der Waals surface area contributed by atoms with Crippen molar-refractivity contribution < 1.29 is 24.2 Å². The van der Waals surface area contributed by atoms with Crippen molar-refractivity contribution >= 4 is 28.8 Å². The van der Waals surface area contributed by atoms with E-state index < -0.39 is 11.5 Å². The maximum atomic E-state index is 12.1. The molecule has 6 nitrogen and oxygen atoms in total. The number of nitrogens with zero attached hydrogens (tertiary/aromatic N) is 1. The molecule has 0 spiro atoms. The number of carbonyl (C=O) groups excluding carboxylic acids is 2. The maximum Gasteiger partial charge on any atom is 0.329 e. The van der Waals surface area contributed by atoms with Crippen LogP contribution in [0.3, 0.4) is 0 Å². The predicted molar refractivity (Wildman–Crippen MR) is 68.8 cm³/mol. The zero-order valence-corrected chi connectivity index (χ0v) is 11.6. The first-order valence-electron chi connectivity index (χ1n) is 6.24. The fraction of sp³-hybridized carbons (Fsp3) is 0.750. The minimum atomic E-state index is -1.15. The second-order valence-electron chi connectivity index (χ2n) is 4.89. The third-order valence-electron chi connectivity index (χ3n) is 3.66. The third kappa shape index (κ3) is 2.76. The Kier molecular flexibility index (Phi) is 4.15. The van der Waals surface area contributed by atoms with E-state index in [1.807, 2.05) is 0 Å². The van der Waals surface area contributed by atoms with Gasteiger partial charge in [-0.1, -0.05) is 11.8 Å². The van der Waals surface area contributed by atoms with Gasteiger partial charge in [-0.15, -0.1) is 0 Å². The van der Waals surface area contributed by atoms with Crippen molar-refractivity contribution in [3.8, 4) is 0 Å². The topological polar surface area (TPSA) is 83.9 Å². The highest BCUT2D eigenvalue weighted by Crippen LogP contribution is 2.35. The lowest BCUT2D eigenvalue weighted by Gasteiger charge is -2.40. The quantitative estimate of drug-likeness (QED) is 0.814. The highest BCUT2D eigenvalue weighted by atomic mass is 32.2. The number of carboxylic acids is 1. The van der Waals surface area contributed by atoms with Gasteiger partial charge in [-0.25, -0.2) is 4.79 Å².